The fourth-order valence-corrected chi connectivity index (χ4v) is 2.81. The zero-order valence-corrected chi connectivity index (χ0v) is 11.1. The van der Waals surface area contributed by atoms with E-state index < -0.39 is 0 Å². The molecule has 0 aliphatic carbocycles. The van der Waals surface area contributed by atoms with Crippen molar-refractivity contribution in [3.8, 4) is 11.5 Å². The van der Waals surface area contributed by atoms with Crippen LogP contribution >= 0.6 is 0 Å². The van der Waals surface area contributed by atoms with Gasteiger partial charge in [-0.25, -0.2) is 0 Å². The van der Waals surface area contributed by atoms with Crippen LogP contribution in [0.15, 0.2) is 30.5 Å². The maximum atomic E-state index is 12.0. The molecule has 0 atom stereocenters. The predicted molar refractivity (Wildman–Crippen MR) is 73.0 cm³/mol. The number of rotatable bonds is 0. The van der Waals surface area contributed by atoms with Gasteiger partial charge in [0, 0.05) is 31.4 Å². The summed E-state index contributed by atoms with van der Waals surface area (Å²) in [7, 11) is 0. The van der Waals surface area contributed by atoms with Crippen LogP contribution in [0, 0.1) is 0 Å². The first-order valence-corrected chi connectivity index (χ1v) is 6.57. The Kier molecular flexibility index (Phi) is 2.30. The molecule has 2 aromatic rings. The van der Waals surface area contributed by atoms with E-state index in [1.54, 1.807) is 11.8 Å². The highest BCUT2D eigenvalue weighted by molar-refractivity contribution is 5.93. The van der Waals surface area contributed by atoms with Crippen LogP contribution in [-0.2, 0) is 17.9 Å². The van der Waals surface area contributed by atoms with Crippen molar-refractivity contribution in [2.45, 2.75) is 20.0 Å². The average Bonchev–Trinajstić information content (AvgIpc) is 3.01. The number of anilines is 1. The molecule has 0 bridgehead atoms. The molecule has 5 heteroatoms. The molecule has 102 valence electrons. The summed E-state index contributed by atoms with van der Waals surface area (Å²) < 4.78 is 13.0. The minimum absolute atomic E-state index is 0.0276. The highest BCUT2D eigenvalue weighted by atomic mass is 16.7. The Labute approximate surface area is 116 Å². The molecule has 0 unspecified atom stereocenters. The molecule has 0 saturated carbocycles. The summed E-state index contributed by atoms with van der Waals surface area (Å²) in [5.41, 5.74) is 3.10. The molecule has 5 nitrogen and oxygen atoms in total. The Morgan fingerprint density at radius 1 is 1.20 bits per heavy atom. The Bertz CT molecular complexity index is 705. The highest BCUT2D eigenvalue weighted by Gasteiger charge is 2.25. The van der Waals surface area contributed by atoms with Crippen molar-refractivity contribution in [2.24, 2.45) is 0 Å². The van der Waals surface area contributed by atoms with E-state index in [-0.39, 0.29) is 12.7 Å². The van der Waals surface area contributed by atoms with Crippen molar-refractivity contribution in [1.82, 2.24) is 4.57 Å². The maximum absolute atomic E-state index is 12.0. The summed E-state index contributed by atoms with van der Waals surface area (Å²) in [6.45, 7) is 3.15. The Morgan fingerprint density at radius 2 is 2.00 bits per heavy atom. The molecule has 0 spiro atoms. The van der Waals surface area contributed by atoms with Crippen LogP contribution in [0.25, 0.3) is 0 Å². The number of hydrogen-bond acceptors (Lipinski definition) is 3. The van der Waals surface area contributed by atoms with E-state index in [0.717, 1.165) is 29.2 Å². The number of amides is 1. The lowest BCUT2D eigenvalue weighted by Crippen LogP contribution is -2.27. The number of ether oxygens (including phenoxy) is 2. The highest BCUT2D eigenvalue weighted by Crippen LogP contribution is 2.40. The third kappa shape index (κ3) is 1.59. The second kappa shape index (κ2) is 4.03. The van der Waals surface area contributed by atoms with Gasteiger partial charge in [-0.05, 0) is 23.8 Å². The summed E-state index contributed by atoms with van der Waals surface area (Å²) in [6, 6.07) is 7.93. The normalized spacial score (nSPS) is 15.6. The zero-order valence-electron chi connectivity index (χ0n) is 11.1. The molecule has 0 saturated heterocycles. The van der Waals surface area contributed by atoms with Gasteiger partial charge >= 0.3 is 0 Å². The molecule has 1 aromatic carbocycles. The molecule has 0 radical (unpaired) electrons. The lowest BCUT2D eigenvalue weighted by molar-refractivity contribution is -0.116. The summed E-state index contributed by atoms with van der Waals surface area (Å²) in [4.78, 5) is 13.8. The number of hydrogen-bond donors (Lipinski definition) is 0. The van der Waals surface area contributed by atoms with Gasteiger partial charge in [0.1, 0.15) is 0 Å². The van der Waals surface area contributed by atoms with Gasteiger partial charge in [0.15, 0.2) is 11.5 Å². The summed E-state index contributed by atoms with van der Waals surface area (Å²) in [5.74, 6) is 1.49. The van der Waals surface area contributed by atoms with Crippen LogP contribution in [0.5, 0.6) is 11.5 Å². The fraction of sp³-hybridized carbons (Fsp3) is 0.267. The lowest BCUT2D eigenvalue weighted by atomic mass is 10.1. The summed E-state index contributed by atoms with van der Waals surface area (Å²) >= 11 is 0. The van der Waals surface area contributed by atoms with Crippen molar-refractivity contribution < 1.29 is 14.3 Å². The SMILES string of the molecule is CC(=O)N1Cc2cccn2Cc2cc3c(cc21)OCO3. The van der Waals surface area contributed by atoms with Gasteiger partial charge in [-0.2, -0.15) is 0 Å². The van der Waals surface area contributed by atoms with Crippen molar-refractivity contribution in [2.75, 3.05) is 11.7 Å². The van der Waals surface area contributed by atoms with E-state index in [0.29, 0.717) is 12.3 Å². The molecule has 0 N–H and O–H groups in total. The van der Waals surface area contributed by atoms with E-state index in [1.807, 2.05) is 30.5 Å². The maximum Gasteiger partial charge on any atom is 0.231 e. The molecule has 20 heavy (non-hydrogen) atoms. The summed E-state index contributed by atoms with van der Waals surface area (Å²) in [6.07, 6.45) is 2.04. The van der Waals surface area contributed by atoms with Gasteiger partial charge in [0.25, 0.3) is 0 Å². The quantitative estimate of drug-likeness (QED) is 0.736. The van der Waals surface area contributed by atoms with Crippen LogP contribution < -0.4 is 14.4 Å². The molecule has 4 rings (SSSR count). The third-order valence-electron chi connectivity index (χ3n) is 3.83. The molecule has 3 heterocycles. The van der Waals surface area contributed by atoms with Crippen LogP contribution in [0.2, 0.25) is 0 Å². The van der Waals surface area contributed by atoms with Gasteiger partial charge in [-0.15, -0.1) is 0 Å². The molecule has 1 amide bonds. The van der Waals surface area contributed by atoms with Crippen molar-refractivity contribution in [3.05, 3.63) is 41.7 Å². The molecule has 2 aliphatic rings. The number of aromatic nitrogens is 1. The van der Waals surface area contributed by atoms with E-state index >= 15 is 0 Å². The van der Waals surface area contributed by atoms with Gasteiger partial charge in [-0.3, -0.25) is 4.79 Å². The molecule has 0 fully saturated rings. The van der Waals surface area contributed by atoms with Gasteiger partial charge in [-0.1, -0.05) is 0 Å². The van der Waals surface area contributed by atoms with Crippen LogP contribution in [0.1, 0.15) is 18.2 Å². The first-order chi connectivity index (χ1) is 9.72. The van der Waals surface area contributed by atoms with E-state index in [2.05, 4.69) is 4.57 Å². The largest absolute Gasteiger partial charge is 0.454 e. The van der Waals surface area contributed by atoms with Crippen LogP contribution in [0.3, 0.4) is 0 Å². The van der Waals surface area contributed by atoms with Crippen molar-refractivity contribution in [3.63, 3.8) is 0 Å². The first-order valence-electron chi connectivity index (χ1n) is 6.57. The second-order valence-electron chi connectivity index (χ2n) is 5.07. The topological polar surface area (TPSA) is 43.7 Å². The zero-order chi connectivity index (χ0) is 13.7. The fourth-order valence-electron chi connectivity index (χ4n) is 2.81. The molecule has 2 aliphatic heterocycles. The monoisotopic (exact) mass is 270 g/mol. The average molecular weight is 270 g/mol. The van der Waals surface area contributed by atoms with Crippen LogP contribution in [-0.4, -0.2) is 17.3 Å². The Hall–Kier alpha value is -2.43. The number of benzene rings is 1. The number of carbonyl (C=O) groups excluding carboxylic acids is 1. The predicted octanol–water partition coefficient (Wildman–Crippen LogP) is 2.13. The Balaban J connectivity index is 1.91. The van der Waals surface area contributed by atoms with E-state index in [1.165, 1.54) is 0 Å². The van der Waals surface area contributed by atoms with Crippen LogP contribution in [0.4, 0.5) is 5.69 Å². The summed E-state index contributed by atoms with van der Waals surface area (Å²) in [5, 5.41) is 0. The van der Waals surface area contributed by atoms with E-state index in [9.17, 15) is 4.79 Å². The second-order valence-corrected chi connectivity index (χ2v) is 5.07. The third-order valence-corrected chi connectivity index (χ3v) is 3.83. The van der Waals surface area contributed by atoms with Gasteiger partial charge in [0.2, 0.25) is 12.7 Å². The minimum Gasteiger partial charge on any atom is -0.454 e. The first kappa shape index (κ1) is 11.4. The van der Waals surface area contributed by atoms with Gasteiger partial charge in [0.05, 0.1) is 12.2 Å². The standard InChI is InChI=1S/C15H14N2O3/c1-10(18)17-8-12-3-2-4-16(12)7-11-5-14-15(6-13(11)17)20-9-19-14/h2-6H,7-9H2,1H3. The van der Waals surface area contributed by atoms with Gasteiger partial charge < -0.3 is 18.9 Å². The Morgan fingerprint density at radius 3 is 2.80 bits per heavy atom. The van der Waals surface area contributed by atoms with E-state index in [4.69, 9.17) is 9.47 Å². The van der Waals surface area contributed by atoms with Crippen molar-refractivity contribution >= 4 is 11.6 Å². The number of carbonyl (C=O) groups is 1. The molecule has 1 aromatic heterocycles. The minimum atomic E-state index is 0.0276. The smallest absolute Gasteiger partial charge is 0.231 e. The molecular formula is C15H14N2O3. The molecular weight excluding hydrogens is 256 g/mol. The number of nitrogens with zero attached hydrogens (tertiary/aromatic N) is 2. The lowest BCUT2D eigenvalue weighted by Gasteiger charge is -2.21. The number of fused-ring (bicyclic) bond motifs is 3. The van der Waals surface area contributed by atoms with Crippen molar-refractivity contribution in [1.29, 1.82) is 0 Å².